The number of urea groups is 1. The van der Waals surface area contributed by atoms with Crippen LogP contribution in [0.3, 0.4) is 0 Å². The molecule has 124 valence electrons. The van der Waals surface area contributed by atoms with Gasteiger partial charge in [0, 0.05) is 24.8 Å². The van der Waals surface area contributed by atoms with Crippen molar-refractivity contribution in [2.75, 3.05) is 0 Å². The summed E-state index contributed by atoms with van der Waals surface area (Å²) >= 11 is 0. The zero-order valence-corrected chi connectivity index (χ0v) is 14.2. The van der Waals surface area contributed by atoms with Gasteiger partial charge in [0.05, 0.1) is 12.2 Å². The molecule has 1 aromatic heterocycles. The minimum atomic E-state index is -0.182. The SMILES string of the molecule is Cc1c(CNC(=O)N[C@@H](C)c2ccc3ccccc3c2)cnn1C. The fourth-order valence-corrected chi connectivity index (χ4v) is 2.70. The van der Waals surface area contributed by atoms with Gasteiger partial charge in [0.25, 0.3) is 0 Å². The van der Waals surface area contributed by atoms with E-state index in [1.165, 1.54) is 10.8 Å². The van der Waals surface area contributed by atoms with Crippen molar-refractivity contribution in [1.82, 2.24) is 20.4 Å². The molecule has 0 fully saturated rings. The van der Waals surface area contributed by atoms with E-state index in [9.17, 15) is 4.79 Å². The smallest absolute Gasteiger partial charge is 0.315 e. The van der Waals surface area contributed by atoms with Crippen LogP contribution in [0.1, 0.15) is 29.8 Å². The third-order valence-electron chi connectivity index (χ3n) is 4.40. The van der Waals surface area contributed by atoms with E-state index in [-0.39, 0.29) is 12.1 Å². The standard InChI is InChI=1S/C19H22N4O/c1-13(16-9-8-15-6-4-5-7-17(15)10-16)22-19(24)20-11-18-12-21-23(3)14(18)2/h4-10,12-13H,11H2,1-3H3,(H2,20,22,24)/t13-/m0/s1. The number of aryl methyl sites for hydroxylation is 1. The first-order chi connectivity index (χ1) is 11.5. The number of hydrogen-bond donors (Lipinski definition) is 2. The third kappa shape index (κ3) is 3.40. The van der Waals surface area contributed by atoms with Crippen LogP contribution in [-0.4, -0.2) is 15.8 Å². The Morgan fingerprint density at radius 3 is 2.67 bits per heavy atom. The molecule has 3 rings (SSSR count). The van der Waals surface area contributed by atoms with Crippen molar-refractivity contribution in [2.45, 2.75) is 26.4 Å². The summed E-state index contributed by atoms with van der Waals surface area (Å²) < 4.78 is 1.80. The van der Waals surface area contributed by atoms with Crippen LogP contribution in [0, 0.1) is 6.92 Å². The molecule has 0 aliphatic carbocycles. The van der Waals surface area contributed by atoms with Crippen LogP contribution >= 0.6 is 0 Å². The average molecular weight is 322 g/mol. The highest BCUT2D eigenvalue weighted by Crippen LogP contribution is 2.20. The van der Waals surface area contributed by atoms with Crippen molar-refractivity contribution in [1.29, 1.82) is 0 Å². The number of benzene rings is 2. The normalized spacial score (nSPS) is 12.1. The topological polar surface area (TPSA) is 59.0 Å². The number of aromatic nitrogens is 2. The fourth-order valence-electron chi connectivity index (χ4n) is 2.70. The van der Waals surface area contributed by atoms with Crippen LogP contribution in [0.2, 0.25) is 0 Å². The first kappa shape index (κ1) is 16.1. The first-order valence-corrected chi connectivity index (χ1v) is 8.05. The second kappa shape index (κ2) is 6.74. The van der Waals surface area contributed by atoms with E-state index in [1.807, 2.05) is 33.0 Å². The summed E-state index contributed by atoms with van der Waals surface area (Å²) in [7, 11) is 1.89. The number of carbonyl (C=O) groups is 1. The van der Waals surface area contributed by atoms with Gasteiger partial charge in [-0.25, -0.2) is 4.79 Å². The van der Waals surface area contributed by atoms with Gasteiger partial charge in [0.15, 0.2) is 0 Å². The Hall–Kier alpha value is -2.82. The second-order valence-electron chi connectivity index (χ2n) is 6.03. The molecule has 0 unspecified atom stereocenters. The molecule has 2 N–H and O–H groups in total. The summed E-state index contributed by atoms with van der Waals surface area (Å²) in [5.74, 6) is 0. The number of amides is 2. The van der Waals surface area contributed by atoms with Gasteiger partial charge in [-0.1, -0.05) is 36.4 Å². The van der Waals surface area contributed by atoms with Crippen molar-refractivity contribution in [3.63, 3.8) is 0 Å². The summed E-state index contributed by atoms with van der Waals surface area (Å²) in [6.07, 6.45) is 1.78. The molecule has 1 atom stereocenters. The van der Waals surface area contributed by atoms with E-state index in [1.54, 1.807) is 10.9 Å². The number of carbonyl (C=O) groups excluding carboxylic acids is 1. The number of nitrogens with one attached hydrogen (secondary N) is 2. The van der Waals surface area contributed by atoms with Gasteiger partial charge in [-0.05, 0) is 36.2 Å². The van der Waals surface area contributed by atoms with E-state index in [2.05, 4.69) is 46.1 Å². The lowest BCUT2D eigenvalue weighted by atomic mass is 10.0. The van der Waals surface area contributed by atoms with E-state index in [0.29, 0.717) is 6.54 Å². The van der Waals surface area contributed by atoms with Crippen molar-refractivity contribution in [3.8, 4) is 0 Å². The molecule has 0 bridgehead atoms. The summed E-state index contributed by atoms with van der Waals surface area (Å²) in [5, 5.41) is 12.4. The summed E-state index contributed by atoms with van der Waals surface area (Å²) in [6.45, 7) is 4.44. The van der Waals surface area contributed by atoms with E-state index in [0.717, 1.165) is 16.8 Å². The predicted molar refractivity (Wildman–Crippen MR) is 95.7 cm³/mol. The minimum Gasteiger partial charge on any atom is -0.334 e. The summed E-state index contributed by atoms with van der Waals surface area (Å²) in [6, 6.07) is 14.2. The molecule has 24 heavy (non-hydrogen) atoms. The van der Waals surface area contributed by atoms with Crippen LogP contribution in [0.5, 0.6) is 0 Å². The number of nitrogens with zero attached hydrogens (tertiary/aromatic N) is 2. The maximum Gasteiger partial charge on any atom is 0.315 e. The largest absolute Gasteiger partial charge is 0.334 e. The minimum absolute atomic E-state index is 0.0652. The Balaban J connectivity index is 1.61. The lowest BCUT2D eigenvalue weighted by Gasteiger charge is -2.15. The van der Waals surface area contributed by atoms with Crippen LogP contribution in [0.15, 0.2) is 48.7 Å². The molecule has 3 aromatic rings. The lowest BCUT2D eigenvalue weighted by Crippen LogP contribution is -2.36. The molecule has 0 spiro atoms. The molecule has 0 aliphatic rings. The first-order valence-electron chi connectivity index (χ1n) is 8.05. The molecule has 5 heteroatoms. The van der Waals surface area contributed by atoms with Gasteiger partial charge < -0.3 is 10.6 Å². The van der Waals surface area contributed by atoms with Crippen LogP contribution in [0.4, 0.5) is 4.79 Å². The molecule has 2 aromatic carbocycles. The molecular formula is C19H22N4O. The van der Waals surface area contributed by atoms with Gasteiger partial charge in [-0.15, -0.1) is 0 Å². The zero-order valence-electron chi connectivity index (χ0n) is 14.2. The third-order valence-corrected chi connectivity index (χ3v) is 4.40. The van der Waals surface area contributed by atoms with E-state index >= 15 is 0 Å². The van der Waals surface area contributed by atoms with Crippen LogP contribution in [-0.2, 0) is 13.6 Å². The van der Waals surface area contributed by atoms with E-state index in [4.69, 9.17) is 0 Å². The van der Waals surface area contributed by atoms with Gasteiger partial charge in [-0.3, -0.25) is 4.68 Å². The summed E-state index contributed by atoms with van der Waals surface area (Å²) in [5.41, 5.74) is 3.16. The van der Waals surface area contributed by atoms with Gasteiger partial charge in [0.2, 0.25) is 0 Å². The van der Waals surface area contributed by atoms with Gasteiger partial charge >= 0.3 is 6.03 Å². The van der Waals surface area contributed by atoms with Crippen molar-refractivity contribution < 1.29 is 4.79 Å². The highest BCUT2D eigenvalue weighted by molar-refractivity contribution is 5.83. The quantitative estimate of drug-likeness (QED) is 0.773. The Morgan fingerprint density at radius 2 is 1.96 bits per heavy atom. The van der Waals surface area contributed by atoms with Crippen molar-refractivity contribution in [2.24, 2.45) is 7.05 Å². The Kier molecular flexibility index (Phi) is 4.51. The van der Waals surface area contributed by atoms with Gasteiger partial charge in [-0.2, -0.15) is 5.10 Å². The predicted octanol–water partition coefficient (Wildman–Crippen LogP) is 3.44. The zero-order chi connectivity index (χ0) is 17.1. The van der Waals surface area contributed by atoms with Crippen molar-refractivity contribution in [3.05, 3.63) is 65.5 Å². The number of hydrogen-bond acceptors (Lipinski definition) is 2. The molecular weight excluding hydrogens is 300 g/mol. The molecule has 5 nitrogen and oxygen atoms in total. The Morgan fingerprint density at radius 1 is 1.21 bits per heavy atom. The lowest BCUT2D eigenvalue weighted by molar-refractivity contribution is 0.237. The van der Waals surface area contributed by atoms with Crippen LogP contribution in [0.25, 0.3) is 10.8 Å². The molecule has 0 aliphatic heterocycles. The second-order valence-corrected chi connectivity index (χ2v) is 6.03. The highest BCUT2D eigenvalue weighted by Gasteiger charge is 2.11. The highest BCUT2D eigenvalue weighted by atomic mass is 16.2. The van der Waals surface area contributed by atoms with Crippen molar-refractivity contribution >= 4 is 16.8 Å². The summed E-state index contributed by atoms with van der Waals surface area (Å²) in [4.78, 5) is 12.1. The Labute approximate surface area is 141 Å². The maximum atomic E-state index is 12.1. The molecule has 0 radical (unpaired) electrons. The monoisotopic (exact) mass is 322 g/mol. The average Bonchev–Trinajstić information content (AvgIpc) is 2.91. The molecule has 1 heterocycles. The molecule has 2 amide bonds. The van der Waals surface area contributed by atoms with E-state index < -0.39 is 0 Å². The van der Waals surface area contributed by atoms with Crippen LogP contribution < -0.4 is 10.6 Å². The fraction of sp³-hybridized carbons (Fsp3) is 0.263. The maximum absolute atomic E-state index is 12.1. The van der Waals surface area contributed by atoms with Gasteiger partial charge in [0.1, 0.15) is 0 Å². The number of rotatable bonds is 4. The molecule has 0 saturated carbocycles. The Bertz CT molecular complexity index is 869. The number of fused-ring (bicyclic) bond motifs is 1. The molecule has 0 saturated heterocycles.